The van der Waals surface area contributed by atoms with E-state index < -0.39 is 6.09 Å². The molecule has 2 heterocycles. The Balaban J connectivity index is 1.47. The van der Waals surface area contributed by atoms with Crippen LogP contribution in [0.1, 0.15) is 31.2 Å². The fourth-order valence-electron chi connectivity index (χ4n) is 3.76. The molecule has 2 fully saturated rings. The topological polar surface area (TPSA) is 53.0 Å². The van der Waals surface area contributed by atoms with Crippen LogP contribution in [0.5, 0.6) is 0 Å². The van der Waals surface area contributed by atoms with Crippen molar-refractivity contribution in [1.29, 1.82) is 0 Å². The molecule has 2 atom stereocenters. The van der Waals surface area contributed by atoms with Gasteiger partial charge in [-0.15, -0.1) is 0 Å². The molecule has 1 amide bonds. The molecular formula is C18H26N2O3. The minimum absolute atomic E-state index is 0.155. The number of likely N-dealkylation sites (tertiary alicyclic amines) is 2. The van der Waals surface area contributed by atoms with Gasteiger partial charge < -0.3 is 14.7 Å². The van der Waals surface area contributed by atoms with E-state index in [1.54, 1.807) is 4.90 Å². The Labute approximate surface area is 137 Å². The van der Waals surface area contributed by atoms with Gasteiger partial charge in [-0.3, -0.25) is 4.90 Å². The third-order valence-corrected chi connectivity index (χ3v) is 4.99. The number of amides is 1. The van der Waals surface area contributed by atoms with Crippen molar-refractivity contribution in [2.24, 2.45) is 0 Å². The number of carboxylic acid groups (broad SMARTS) is 1. The molecule has 0 radical (unpaired) electrons. The summed E-state index contributed by atoms with van der Waals surface area (Å²) in [6, 6.07) is 10.8. The predicted octanol–water partition coefficient (Wildman–Crippen LogP) is 2.81. The lowest BCUT2D eigenvalue weighted by Gasteiger charge is -2.30. The zero-order valence-corrected chi connectivity index (χ0v) is 13.6. The minimum atomic E-state index is -0.774. The number of ether oxygens (including phenoxy) is 1. The summed E-state index contributed by atoms with van der Waals surface area (Å²) in [4.78, 5) is 15.3. The predicted molar refractivity (Wildman–Crippen MR) is 88.4 cm³/mol. The van der Waals surface area contributed by atoms with E-state index in [2.05, 4.69) is 17.0 Å². The second-order valence-corrected chi connectivity index (χ2v) is 6.56. The summed E-state index contributed by atoms with van der Waals surface area (Å²) in [5.41, 5.74) is 1.20. The van der Waals surface area contributed by atoms with E-state index in [0.29, 0.717) is 19.2 Å². The summed E-state index contributed by atoms with van der Waals surface area (Å²) in [7, 11) is 0. The second kappa shape index (κ2) is 7.79. The first kappa shape index (κ1) is 16.3. The highest BCUT2D eigenvalue weighted by molar-refractivity contribution is 5.65. The van der Waals surface area contributed by atoms with Crippen molar-refractivity contribution in [1.82, 2.24) is 9.80 Å². The van der Waals surface area contributed by atoms with Crippen LogP contribution in [0.25, 0.3) is 0 Å². The van der Waals surface area contributed by atoms with E-state index in [4.69, 9.17) is 4.74 Å². The van der Waals surface area contributed by atoms with Gasteiger partial charge in [0.15, 0.2) is 0 Å². The van der Waals surface area contributed by atoms with E-state index >= 15 is 0 Å². The van der Waals surface area contributed by atoms with Crippen molar-refractivity contribution in [2.45, 2.75) is 44.4 Å². The normalized spacial score (nSPS) is 25.1. The molecular weight excluding hydrogens is 292 g/mol. The van der Waals surface area contributed by atoms with Crippen molar-refractivity contribution in [3.05, 3.63) is 35.9 Å². The lowest BCUT2D eigenvalue weighted by molar-refractivity contribution is 0.0571. The highest BCUT2D eigenvalue weighted by atomic mass is 16.5. The van der Waals surface area contributed by atoms with Crippen molar-refractivity contribution in [2.75, 3.05) is 26.2 Å². The largest absolute Gasteiger partial charge is 0.465 e. The molecule has 0 saturated carbocycles. The Kier molecular flexibility index (Phi) is 5.51. The van der Waals surface area contributed by atoms with Crippen LogP contribution in [0.3, 0.4) is 0 Å². The Hall–Kier alpha value is -1.59. The molecule has 0 spiro atoms. The van der Waals surface area contributed by atoms with Gasteiger partial charge in [0.1, 0.15) is 0 Å². The number of benzene rings is 1. The van der Waals surface area contributed by atoms with Gasteiger partial charge in [0.2, 0.25) is 0 Å². The average molecular weight is 318 g/mol. The Morgan fingerprint density at radius 2 is 1.87 bits per heavy atom. The van der Waals surface area contributed by atoms with Gasteiger partial charge in [0.25, 0.3) is 0 Å². The van der Waals surface area contributed by atoms with Crippen molar-refractivity contribution in [3.63, 3.8) is 0 Å². The SMILES string of the molecule is O=C(O)N1CCC[C@H]1CN1CCC[C@H]1COCc1ccccc1. The van der Waals surface area contributed by atoms with Crippen LogP contribution in [-0.4, -0.2) is 59.3 Å². The molecule has 1 N–H and O–H groups in total. The van der Waals surface area contributed by atoms with Gasteiger partial charge in [-0.25, -0.2) is 4.79 Å². The maximum Gasteiger partial charge on any atom is 0.407 e. The van der Waals surface area contributed by atoms with Crippen LogP contribution in [0.4, 0.5) is 4.79 Å². The Bertz CT molecular complexity index is 508. The first-order valence-corrected chi connectivity index (χ1v) is 8.59. The van der Waals surface area contributed by atoms with Gasteiger partial charge in [0, 0.05) is 25.2 Å². The van der Waals surface area contributed by atoms with E-state index in [-0.39, 0.29) is 6.04 Å². The average Bonchev–Trinajstić information content (AvgIpc) is 3.19. The fraction of sp³-hybridized carbons (Fsp3) is 0.611. The van der Waals surface area contributed by atoms with Crippen LogP contribution < -0.4 is 0 Å². The Morgan fingerprint density at radius 3 is 2.65 bits per heavy atom. The number of hydrogen-bond donors (Lipinski definition) is 1. The molecule has 2 aliphatic heterocycles. The zero-order valence-electron chi connectivity index (χ0n) is 13.6. The molecule has 2 saturated heterocycles. The maximum atomic E-state index is 11.3. The van der Waals surface area contributed by atoms with Crippen LogP contribution in [0.15, 0.2) is 30.3 Å². The maximum absolute atomic E-state index is 11.3. The fourth-order valence-corrected chi connectivity index (χ4v) is 3.76. The van der Waals surface area contributed by atoms with Gasteiger partial charge in [0.05, 0.1) is 13.2 Å². The molecule has 0 bridgehead atoms. The van der Waals surface area contributed by atoms with E-state index in [1.807, 2.05) is 18.2 Å². The number of hydrogen-bond acceptors (Lipinski definition) is 3. The quantitative estimate of drug-likeness (QED) is 0.876. The molecule has 5 heteroatoms. The van der Waals surface area contributed by atoms with E-state index in [0.717, 1.165) is 39.0 Å². The standard InChI is InChI=1S/C18H26N2O3/c21-18(22)20-11-5-8-16(20)12-19-10-4-9-17(19)14-23-13-15-6-2-1-3-7-15/h1-3,6-7,16-17H,4-5,8-14H2,(H,21,22)/t16-,17-/m0/s1. The number of rotatable bonds is 6. The van der Waals surface area contributed by atoms with Gasteiger partial charge in [-0.2, -0.15) is 0 Å². The summed E-state index contributed by atoms with van der Waals surface area (Å²) < 4.78 is 5.90. The molecule has 0 aromatic heterocycles. The summed E-state index contributed by atoms with van der Waals surface area (Å²) in [6.45, 7) is 3.97. The molecule has 1 aromatic rings. The van der Waals surface area contributed by atoms with Gasteiger partial charge in [-0.1, -0.05) is 30.3 Å². The van der Waals surface area contributed by atoms with Crippen molar-refractivity contribution >= 4 is 6.09 Å². The molecule has 5 nitrogen and oxygen atoms in total. The summed E-state index contributed by atoms with van der Waals surface area (Å²) in [5.74, 6) is 0. The Morgan fingerprint density at radius 1 is 1.13 bits per heavy atom. The highest BCUT2D eigenvalue weighted by Crippen LogP contribution is 2.24. The smallest absolute Gasteiger partial charge is 0.407 e. The third kappa shape index (κ3) is 4.24. The van der Waals surface area contributed by atoms with Crippen LogP contribution in [0, 0.1) is 0 Å². The first-order chi connectivity index (χ1) is 11.2. The summed E-state index contributed by atoms with van der Waals surface area (Å²) in [6.07, 6.45) is 3.53. The lowest BCUT2D eigenvalue weighted by atomic mass is 10.2. The monoisotopic (exact) mass is 318 g/mol. The molecule has 3 rings (SSSR count). The zero-order chi connectivity index (χ0) is 16.1. The van der Waals surface area contributed by atoms with Crippen molar-refractivity contribution in [3.8, 4) is 0 Å². The molecule has 0 unspecified atom stereocenters. The summed E-state index contributed by atoms with van der Waals surface area (Å²) in [5, 5.41) is 9.27. The van der Waals surface area contributed by atoms with Crippen LogP contribution in [0.2, 0.25) is 0 Å². The van der Waals surface area contributed by atoms with Crippen molar-refractivity contribution < 1.29 is 14.6 Å². The second-order valence-electron chi connectivity index (χ2n) is 6.56. The van der Waals surface area contributed by atoms with E-state index in [9.17, 15) is 9.90 Å². The number of carbonyl (C=O) groups is 1. The lowest BCUT2D eigenvalue weighted by Crippen LogP contribution is -2.45. The van der Waals surface area contributed by atoms with Crippen LogP contribution in [-0.2, 0) is 11.3 Å². The molecule has 2 aliphatic rings. The van der Waals surface area contributed by atoms with Crippen LogP contribution >= 0.6 is 0 Å². The molecule has 1 aromatic carbocycles. The van der Waals surface area contributed by atoms with E-state index in [1.165, 1.54) is 12.0 Å². The summed E-state index contributed by atoms with van der Waals surface area (Å²) >= 11 is 0. The van der Waals surface area contributed by atoms with Gasteiger partial charge >= 0.3 is 6.09 Å². The molecule has 0 aliphatic carbocycles. The molecule has 23 heavy (non-hydrogen) atoms. The number of nitrogens with zero attached hydrogens (tertiary/aromatic N) is 2. The van der Waals surface area contributed by atoms with Gasteiger partial charge in [-0.05, 0) is 37.8 Å². The highest BCUT2D eigenvalue weighted by Gasteiger charge is 2.33. The molecule has 126 valence electrons. The third-order valence-electron chi connectivity index (χ3n) is 4.99. The first-order valence-electron chi connectivity index (χ1n) is 8.59. The minimum Gasteiger partial charge on any atom is -0.465 e.